The summed E-state index contributed by atoms with van der Waals surface area (Å²) in [6.07, 6.45) is 1.51. The van der Waals surface area contributed by atoms with E-state index in [9.17, 15) is 9.59 Å². The van der Waals surface area contributed by atoms with E-state index in [0.29, 0.717) is 41.5 Å². The van der Waals surface area contributed by atoms with E-state index in [1.807, 2.05) is 12.1 Å². The predicted molar refractivity (Wildman–Crippen MR) is 105 cm³/mol. The number of nitrogens with zero attached hydrogens (tertiary/aromatic N) is 1. The molecule has 148 valence electrons. The van der Waals surface area contributed by atoms with Gasteiger partial charge >= 0.3 is 0 Å². The molecule has 0 radical (unpaired) electrons. The van der Waals surface area contributed by atoms with Crippen LogP contribution in [0.2, 0.25) is 0 Å². The van der Waals surface area contributed by atoms with E-state index in [2.05, 4.69) is 0 Å². The van der Waals surface area contributed by atoms with Crippen LogP contribution in [0.4, 0.5) is 0 Å². The van der Waals surface area contributed by atoms with Crippen LogP contribution in [0.15, 0.2) is 42.5 Å². The molecule has 0 unspecified atom stereocenters. The van der Waals surface area contributed by atoms with Gasteiger partial charge in [0.15, 0.2) is 17.3 Å². The minimum Gasteiger partial charge on any atom is -0.496 e. The molecule has 0 aromatic heterocycles. The number of ketones is 1. The summed E-state index contributed by atoms with van der Waals surface area (Å²) in [6, 6.07) is 12.4. The van der Waals surface area contributed by atoms with Crippen molar-refractivity contribution in [1.82, 2.24) is 4.90 Å². The van der Waals surface area contributed by atoms with E-state index in [0.717, 1.165) is 12.8 Å². The zero-order valence-corrected chi connectivity index (χ0v) is 16.4. The van der Waals surface area contributed by atoms with Crippen molar-refractivity contribution >= 4 is 11.7 Å². The van der Waals surface area contributed by atoms with Gasteiger partial charge in [-0.15, -0.1) is 0 Å². The summed E-state index contributed by atoms with van der Waals surface area (Å²) >= 11 is 0. The molecular formula is C22H25NO5. The first-order chi connectivity index (χ1) is 13.6. The fourth-order valence-electron chi connectivity index (χ4n) is 3.67. The number of hydrogen-bond donors (Lipinski definition) is 0. The van der Waals surface area contributed by atoms with Gasteiger partial charge in [-0.2, -0.15) is 0 Å². The van der Waals surface area contributed by atoms with E-state index in [-0.39, 0.29) is 17.6 Å². The summed E-state index contributed by atoms with van der Waals surface area (Å²) < 4.78 is 16.0. The van der Waals surface area contributed by atoms with Crippen LogP contribution in [-0.2, 0) is 0 Å². The van der Waals surface area contributed by atoms with Crippen molar-refractivity contribution in [2.45, 2.75) is 12.8 Å². The molecule has 2 aromatic rings. The molecule has 0 bridgehead atoms. The predicted octanol–water partition coefficient (Wildman–Crippen LogP) is 3.45. The molecule has 1 saturated heterocycles. The third-order valence-electron chi connectivity index (χ3n) is 5.09. The Morgan fingerprint density at radius 3 is 2.29 bits per heavy atom. The maximum Gasteiger partial charge on any atom is 0.257 e. The molecule has 0 spiro atoms. The van der Waals surface area contributed by atoms with Crippen molar-refractivity contribution in [2.75, 3.05) is 34.4 Å². The molecule has 1 fully saturated rings. The highest BCUT2D eigenvalue weighted by atomic mass is 16.5. The molecule has 2 aromatic carbocycles. The first kappa shape index (κ1) is 19.7. The van der Waals surface area contributed by atoms with Crippen LogP contribution in [-0.4, -0.2) is 51.0 Å². The molecular weight excluding hydrogens is 358 g/mol. The minimum absolute atomic E-state index is 0.00700. The first-order valence-corrected chi connectivity index (χ1v) is 9.28. The highest BCUT2D eigenvalue weighted by Gasteiger charge is 2.32. The van der Waals surface area contributed by atoms with Crippen LogP contribution in [0.25, 0.3) is 0 Å². The lowest BCUT2D eigenvalue weighted by atomic mass is 9.89. The van der Waals surface area contributed by atoms with Gasteiger partial charge < -0.3 is 19.1 Å². The van der Waals surface area contributed by atoms with Crippen LogP contribution in [0.1, 0.15) is 33.6 Å². The maximum atomic E-state index is 13.1. The first-order valence-electron chi connectivity index (χ1n) is 9.28. The number of piperidine rings is 1. The number of para-hydroxylation sites is 2. The SMILES string of the molecule is COc1ccccc1C(=O)[C@H]1CCCN(C(=O)c2cccc(OC)c2OC)C1. The molecule has 28 heavy (non-hydrogen) atoms. The Morgan fingerprint density at radius 2 is 1.57 bits per heavy atom. The van der Waals surface area contributed by atoms with Crippen LogP contribution in [0, 0.1) is 5.92 Å². The number of ether oxygens (including phenoxy) is 3. The van der Waals surface area contributed by atoms with Gasteiger partial charge in [-0.05, 0) is 37.1 Å². The zero-order valence-electron chi connectivity index (χ0n) is 16.4. The molecule has 1 heterocycles. The number of carbonyl (C=O) groups excluding carboxylic acids is 2. The van der Waals surface area contributed by atoms with Crippen molar-refractivity contribution < 1.29 is 23.8 Å². The van der Waals surface area contributed by atoms with Crippen LogP contribution >= 0.6 is 0 Å². The Kier molecular flexibility index (Phi) is 6.19. The summed E-state index contributed by atoms with van der Waals surface area (Å²) in [5.74, 6) is 1.07. The van der Waals surface area contributed by atoms with Gasteiger partial charge in [0.05, 0.1) is 32.5 Å². The van der Waals surface area contributed by atoms with Gasteiger partial charge in [0.1, 0.15) is 5.75 Å². The Hall–Kier alpha value is -3.02. The van der Waals surface area contributed by atoms with Gasteiger partial charge in [0.2, 0.25) is 0 Å². The Morgan fingerprint density at radius 1 is 0.893 bits per heavy atom. The Bertz CT molecular complexity index is 864. The number of likely N-dealkylation sites (tertiary alicyclic amines) is 1. The number of Topliss-reactive ketones (excluding diaryl/α,β-unsaturated/α-hetero) is 1. The fourth-order valence-corrected chi connectivity index (χ4v) is 3.67. The van der Waals surface area contributed by atoms with Crippen molar-refractivity contribution in [3.05, 3.63) is 53.6 Å². The van der Waals surface area contributed by atoms with Crippen LogP contribution < -0.4 is 14.2 Å². The van der Waals surface area contributed by atoms with Gasteiger partial charge in [-0.25, -0.2) is 0 Å². The highest BCUT2D eigenvalue weighted by Crippen LogP contribution is 2.33. The number of hydrogen-bond acceptors (Lipinski definition) is 5. The van der Waals surface area contributed by atoms with Gasteiger partial charge in [-0.3, -0.25) is 9.59 Å². The molecule has 0 aliphatic carbocycles. The highest BCUT2D eigenvalue weighted by molar-refractivity contribution is 6.02. The lowest BCUT2D eigenvalue weighted by Gasteiger charge is -2.32. The molecule has 3 rings (SSSR count). The van der Waals surface area contributed by atoms with Crippen molar-refractivity contribution in [2.24, 2.45) is 5.92 Å². The van der Waals surface area contributed by atoms with Crippen molar-refractivity contribution in [1.29, 1.82) is 0 Å². The molecule has 0 saturated carbocycles. The number of amides is 1. The summed E-state index contributed by atoms with van der Waals surface area (Å²) in [5.41, 5.74) is 0.996. The number of methoxy groups -OCH3 is 3. The molecule has 1 aliphatic heterocycles. The van der Waals surface area contributed by atoms with E-state index >= 15 is 0 Å². The van der Waals surface area contributed by atoms with Crippen molar-refractivity contribution in [3.63, 3.8) is 0 Å². The van der Waals surface area contributed by atoms with Gasteiger partial charge in [0, 0.05) is 19.0 Å². The molecule has 0 N–H and O–H groups in total. The summed E-state index contributed by atoms with van der Waals surface area (Å²) in [6.45, 7) is 0.977. The van der Waals surface area contributed by atoms with E-state index in [1.54, 1.807) is 42.3 Å². The third kappa shape index (κ3) is 3.81. The van der Waals surface area contributed by atoms with E-state index in [1.165, 1.54) is 14.2 Å². The Labute approximate surface area is 165 Å². The average Bonchev–Trinajstić information content (AvgIpc) is 2.77. The number of carbonyl (C=O) groups is 2. The van der Waals surface area contributed by atoms with Crippen LogP contribution in [0.5, 0.6) is 17.2 Å². The lowest BCUT2D eigenvalue weighted by molar-refractivity contribution is 0.0633. The van der Waals surface area contributed by atoms with Gasteiger partial charge in [-0.1, -0.05) is 18.2 Å². The van der Waals surface area contributed by atoms with Crippen molar-refractivity contribution in [3.8, 4) is 17.2 Å². The smallest absolute Gasteiger partial charge is 0.257 e. The lowest BCUT2D eigenvalue weighted by Crippen LogP contribution is -2.42. The second-order valence-corrected chi connectivity index (χ2v) is 6.70. The largest absolute Gasteiger partial charge is 0.496 e. The van der Waals surface area contributed by atoms with E-state index in [4.69, 9.17) is 14.2 Å². The quantitative estimate of drug-likeness (QED) is 0.715. The number of benzene rings is 2. The molecule has 1 amide bonds. The second kappa shape index (κ2) is 8.78. The second-order valence-electron chi connectivity index (χ2n) is 6.70. The third-order valence-corrected chi connectivity index (χ3v) is 5.09. The monoisotopic (exact) mass is 383 g/mol. The Balaban J connectivity index is 1.82. The standard InChI is InChI=1S/C22H25NO5/c1-26-18-11-5-4-9-16(18)20(24)15-8-7-13-23(14-15)22(25)17-10-6-12-19(27-2)21(17)28-3/h4-6,9-12,15H,7-8,13-14H2,1-3H3/t15-/m0/s1. The maximum absolute atomic E-state index is 13.1. The number of rotatable bonds is 6. The molecule has 6 nitrogen and oxygen atoms in total. The molecule has 6 heteroatoms. The normalized spacial score (nSPS) is 16.4. The topological polar surface area (TPSA) is 65.1 Å². The average molecular weight is 383 g/mol. The molecule has 1 aliphatic rings. The summed E-state index contributed by atoms with van der Waals surface area (Å²) in [5, 5.41) is 0. The minimum atomic E-state index is -0.259. The van der Waals surface area contributed by atoms with E-state index < -0.39 is 0 Å². The van der Waals surface area contributed by atoms with Crippen LogP contribution in [0.3, 0.4) is 0 Å². The molecule has 1 atom stereocenters. The summed E-state index contributed by atoms with van der Waals surface area (Å²) in [4.78, 5) is 27.9. The van der Waals surface area contributed by atoms with Gasteiger partial charge in [0.25, 0.3) is 5.91 Å². The summed E-state index contributed by atoms with van der Waals surface area (Å²) in [7, 11) is 4.60. The zero-order chi connectivity index (χ0) is 20.1. The fraction of sp³-hybridized carbons (Fsp3) is 0.364.